The Morgan fingerprint density at radius 1 is 1.48 bits per heavy atom. The van der Waals surface area contributed by atoms with Gasteiger partial charge in [-0.25, -0.2) is 0 Å². The van der Waals surface area contributed by atoms with Gasteiger partial charge in [0.05, 0.1) is 23.5 Å². The lowest BCUT2D eigenvalue weighted by atomic mass is 10.1. The minimum atomic E-state index is -0.469. The summed E-state index contributed by atoms with van der Waals surface area (Å²) < 4.78 is 0. The Morgan fingerprint density at radius 3 is 2.86 bits per heavy atom. The highest BCUT2D eigenvalue weighted by molar-refractivity contribution is 6.31. The third-order valence-corrected chi connectivity index (χ3v) is 4.01. The molecular formula is C14H19ClN4O2. The Balaban J connectivity index is 2.09. The summed E-state index contributed by atoms with van der Waals surface area (Å²) in [7, 11) is 0. The van der Waals surface area contributed by atoms with Crippen molar-refractivity contribution in [1.82, 2.24) is 4.90 Å². The van der Waals surface area contributed by atoms with Crippen LogP contribution in [0, 0.1) is 0 Å². The second kappa shape index (κ2) is 6.32. The topological polar surface area (TPSA) is 101 Å². The van der Waals surface area contributed by atoms with Gasteiger partial charge in [0.25, 0.3) is 0 Å². The quantitative estimate of drug-likeness (QED) is 0.727. The predicted molar refractivity (Wildman–Crippen MR) is 82.9 cm³/mol. The van der Waals surface area contributed by atoms with Gasteiger partial charge in [0, 0.05) is 5.02 Å². The molecule has 0 aliphatic carbocycles. The Morgan fingerprint density at radius 2 is 2.19 bits per heavy atom. The van der Waals surface area contributed by atoms with Crippen molar-refractivity contribution < 1.29 is 9.59 Å². The molecule has 21 heavy (non-hydrogen) atoms. The maximum atomic E-state index is 12.3. The van der Waals surface area contributed by atoms with Crippen molar-refractivity contribution >= 4 is 34.8 Å². The van der Waals surface area contributed by atoms with Crippen molar-refractivity contribution in [2.24, 2.45) is 5.73 Å². The minimum absolute atomic E-state index is 0.239. The molecule has 1 heterocycles. The Hall–Kier alpha value is -1.79. The number of rotatable bonds is 4. The smallest absolute Gasteiger partial charge is 0.241 e. The van der Waals surface area contributed by atoms with Crippen molar-refractivity contribution in [3.63, 3.8) is 0 Å². The molecule has 0 saturated carbocycles. The van der Waals surface area contributed by atoms with E-state index >= 15 is 0 Å². The average Bonchev–Trinajstić information content (AvgIpc) is 2.91. The maximum absolute atomic E-state index is 12.3. The van der Waals surface area contributed by atoms with E-state index in [9.17, 15) is 9.59 Å². The van der Waals surface area contributed by atoms with Gasteiger partial charge in [0.2, 0.25) is 11.8 Å². The van der Waals surface area contributed by atoms with Crippen LogP contribution in [0.15, 0.2) is 18.2 Å². The summed E-state index contributed by atoms with van der Waals surface area (Å²) in [6, 6.07) is 4.02. The Bertz CT molecular complexity index is 564. The van der Waals surface area contributed by atoms with Crippen LogP contribution in [0.4, 0.5) is 11.4 Å². The molecule has 1 fully saturated rings. The van der Waals surface area contributed by atoms with E-state index in [1.165, 1.54) is 0 Å². The van der Waals surface area contributed by atoms with Gasteiger partial charge >= 0.3 is 0 Å². The first kappa shape index (κ1) is 15.6. The molecule has 1 aromatic carbocycles. The van der Waals surface area contributed by atoms with Crippen molar-refractivity contribution in [1.29, 1.82) is 0 Å². The fraction of sp³-hybridized carbons (Fsp3) is 0.429. The van der Waals surface area contributed by atoms with Gasteiger partial charge in [-0.1, -0.05) is 11.6 Å². The van der Waals surface area contributed by atoms with Crippen molar-refractivity contribution in [3.05, 3.63) is 23.2 Å². The van der Waals surface area contributed by atoms with Crippen molar-refractivity contribution in [2.75, 3.05) is 17.6 Å². The van der Waals surface area contributed by atoms with Crippen LogP contribution in [-0.2, 0) is 9.59 Å². The number of benzene rings is 1. The number of hydrogen-bond acceptors (Lipinski definition) is 4. The van der Waals surface area contributed by atoms with Crippen LogP contribution in [0.1, 0.15) is 19.8 Å². The van der Waals surface area contributed by atoms with Crippen LogP contribution in [0.3, 0.4) is 0 Å². The molecule has 1 saturated heterocycles. The molecule has 0 spiro atoms. The molecule has 1 aliphatic rings. The zero-order valence-corrected chi connectivity index (χ0v) is 12.6. The van der Waals surface area contributed by atoms with Crippen molar-refractivity contribution in [3.8, 4) is 0 Å². The molecular weight excluding hydrogens is 292 g/mol. The van der Waals surface area contributed by atoms with E-state index in [1.54, 1.807) is 25.1 Å². The number of nitrogens with one attached hydrogen (secondary N) is 1. The maximum Gasteiger partial charge on any atom is 0.241 e. The monoisotopic (exact) mass is 310 g/mol. The summed E-state index contributed by atoms with van der Waals surface area (Å²) in [5.41, 5.74) is 12.1. The largest absolute Gasteiger partial charge is 0.397 e. The first-order valence-electron chi connectivity index (χ1n) is 6.81. The summed E-state index contributed by atoms with van der Waals surface area (Å²) in [5, 5.41) is 3.23. The molecule has 2 amide bonds. The zero-order valence-electron chi connectivity index (χ0n) is 11.8. The SMILES string of the molecule is CC(C(=O)Nc1cc(Cl)ccc1N)N1CCCC1C(N)=O. The highest BCUT2D eigenvalue weighted by Gasteiger charge is 2.35. The van der Waals surface area contributed by atoms with Crippen LogP contribution in [0.25, 0.3) is 0 Å². The molecule has 6 nitrogen and oxygen atoms in total. The first-order chi connectivity index (χ1) is 9.90. The molecule has 2 atom stereocenters. The van der Waals surface area contributed by atoms with Gasteiger partial charge in [-0.2, -0.15) is 0 Å². The fourth-order valence-electron chi connectivity index (χ4n) is 2.58. The fourth-order valence-corrected chi connectivity index (χ4v) is 2.75. The lowest BCUT2D eigenvalue weighted by molar-refractivity contribution is -0.126. The molecule has 1 aromatic rings. The van der Waals surface area contributed by atoms with E-state index < -0.39 is 11.9 Å². The number of likely N-dealkylation sites (tertiary alicyclic amines) is 1. The predicted octanol–water partition coefficient (Wildman–Crippen LogP) is 1.20. The molecule has 114 valence electrons. The minimum Gasteiger partial charge on any atom is -0.397 e. The molecule has 5 N–H and O–H groups in total. The molecule has 2 rings (SSSR count). The number of anilines is 2. The van der Waals surface area contributed by atoms with E-state index in [4.69, 9.17) is 23.1 Å². The number of carbonyl (C=O) groups excluding carboxylic acids is 2. The molecule has 0 bridgehead atoms. The molecule has 2 unspecified atom stereocenters. The molecule has 0 aromatic heterocycles. The Kier molecular flexibility index (Phi) is 4.69. The van der Waals surface area contributed by atoms with E-state index in [0.29, 0.717) is 29.4 Å². The van der Waals surface area contributed by atoms with Gasteiger partial charge in [0.1, 0.15) is 0 Å². The number of nitrogens with two attached hydrogens (primary N) is 2. The number of hydrogen-bond donors (Lipinski definition) is 3. The number of primary amides is 1. The summed E-state index contributed by atoms with van der Waals surface area (Å²) in [6.07, 6.45) is 1.54. The highest BCUT2D eigenvalue weighted by Crippen LogP contribution is 2.25. The Labute approximate surface area is 128 Å². The summed E-state index contributed by atoms with van der Waals surface area (Å²) in [6.45, 7) is 2.42. The lowest BCUT2D eigenvalue weighted by Crippen LogP contribution is -2.49. The number of carbonyl (C=O) groups is 2. The summed E-state index contributed by atoms with van der Waals surface area (Å²) >= 11 is 5.89. The molecule has 0 radical (unpaired) electrons. The van der Waals surface area contributed by atoms with Crippen LogP contribution in [0.5, 0.6) is 0 Å². The third-order valence-electron chi connectivity index (χ3n) is 3.77. The van der Waals surface area contributed by atoms with Gasteiger partial charge < -0.3 is 16.8 Å². The zero-order chi connectivity index (χ0) is 15.6. The van der Waals surface area contributed by atoms with E-state index in [1.807, 2.05) is 4.90 Å². The van der Waals surface area contributed by atoms with E-state index in [-0.39, 0.29) is 11.9 Å². The molecule has 1 aliphatic heterocycles. The summed E-state index contributed by atoms with van der Waals surface area (Å²) in [5.74, 6) is -0.633. The number of halogens is 1. The van der Waals surface area contributed by atoms with E-state index in [2.05, 4.69) is 5.32 Å². The third kappa shape index (κ3) is 3.46. The van der Waals surface area contributed by atoms with Gasteiger partial charge in [0.15, 0.2) is 0 Å². The first-order valence-corrected chi connectivity index (χ1v) is 7.19. The normalized spacial score (nSPS) is 20.2. The van der Waals surface area contributed by atoms with Crippen LogP contribution in [-0.4, -0.2) is 35.3 Å². The van der Waals surface area contributed by atoms with Gasteiger partial charge in [-0.3, -0.25) is 14.5 Å². The van der Waals surface area contributed by atoms with Crippen LogP contribution < -0.4 is 16.8 Å². The van der Waals surface area contributed by atoms with Crippen LogP contribution in [0.2, 0.25) is 5.02 Å². The second-order valence-electron chi connectivity index (χ2n) is 5.20. The number of nitrogen functional groups attached to an aromatic ring is 1. The number of amides is 2. The highest BCUT2D eigenvalue weighted by atomic mass is 35.5. The summed E-state index contributed by atoms with van der Waals surface area (Å²) in [4.78, 5) is 25.6. The van der Waals surface area contributed by atoms with Crippen molar-refractivity contribution in [2.45, 2.75) is 31.8 Å². The standard InChI is InChI=1S/C14H19ClN4O2/c1-8(19-6-2-3-12(19)13(17)20)14(21)18-11-7-9(15)4-5-10(11)16/h4-5,7-8,12H,2-3,6,16H2,1H3,(H2,17,20)(H,18,21). The lowest BCUT2D eigenvalue weighted by Gasteiger charge is -2.28. The molecule has 7 heteroatoms. The van der Waals surface area contributed by atoms with Gasteiger partial charge in [-0.05, 0) is 44.5 Å². The van der Waals surface area contributed by atoms with Gasteiger partial charge in [-0.15, -0.1) is 0 Å². The average molecular weight is 311 g/mol. The van der Waals surface area contributed by atoms with E-state index in [0.717, 1.165) is 6.42 Å². The van der Waals surface area contributed by atoms with Crippen LogP contribution >= 0.6 is 11.6 Å². The second-order valence-corrected chi connectivity index (χ2v) is 5.63. The number of nitrogens with zero attached hydrogens (tertiary/aromatic N) is 1.